The van der Waals surface area contributed by atoms with Crippen LogP contribution in [0.15, 0.2) is 22.9 Å². The molecular formula is C15H19BrN2O3. The number of rotatable bonds is 4. The van der Waals surface area contributed by atoms with Gasteiger partial charge in [-0.05, 0) is 66.2 Å². The first-order valence-corrected chi connectivity index (χ1v) is 8.07. The minimum atomic E-state index is -0.930. The second-order valence-corrected chi connectivity index (χ2v) is 6.69. The number of hydrogen-bond acceptors (Lipinski definition) is 4. The molecule has 1 aliphatic carbocycles. The number of carboxylic acid groups (broad SMARTS) is 1. The third-order valence-corrected chi connectivity index (χ3v) is 5.34. The van der Waals surface area contributed by atoms with E-state index in [0.717, 1.165) is 42.5 Å². The molecule has 1 saturated heterocycles. The molecular weight excluding hydrogens is 336 g/mol. The molecule has 0 radical (unpaired) electrons. The van der Waals surface area contributed by atoms with Gasteiger partial charge in [0.15, 0.2) is 0 Å². The number of carbonyl (C=O) groups is 1. The average Bonchev–Trinajstić information content (AvgIpc) is 2.93. The van der Waals surface area contributed by atoms with Gasteiger partial charge in [-0.25, -0.2) is 9.78 Å². The van der Waals surface area contributed by atoms with E-state index in [2.05, 4.69) is 26.2 Å². The molecule has 6 heteroatoms. The molecule has 114 valence electrons. The van der Waals surface area contributed by atoms with Crippen molar-refractivity contribution in [2.24, 2.45) is 11.8 Å². The van der Waals surface area contributed by atoms with Gasteiger partial charge in [0.25, 0.3) is 0 Å². The van der Waals surface area contributed by atoms with Gasteiger partial charge in [-0.15, -0.1) is 0 Å². The zero-order valence-corrected chi connectivity index (χ0v) is 13.3. The zero-order valence-electron chi connectivity index (χ0n) is 11.7. The molecule has 1 aliphatic heterocycles. The summed E-state index contributed by atoms with van der Waals surface area (Å²) in [6.45, 7) is 1.78. The highest BCUT2D eigenvalue weighted by atomic mass is 79.9. The summed E-state index contributed by atoms with van der Waals surface area (Å²) in [5.74, 6) is 0.294. The molecule has 2 aliphatic rings. The van der Waals surface area contributed by atoms with Crippen molar-refractivity contribution >= 4 is 21.9 Å². The maximum Gasteiger partial charge on any atom is 0.329 e. The summed E-state index contributed by atoms with van der Waals surface area (Å²) in [7, 11) is 0. The first-order chi connectivity index (χ1) is 10.1. The van der Waals surface area contributed by atoms with Crippen LogP contribution in [0.3, 0.4) is 0 Å². The monoisotopic (exact) mass is 354 g/mol. The summed E-state index contributed by atoms with van der Waals surface area (Å²) >= 11 is 3.49. The number of fused-ring (bicyclic) bond motifs is 1. The Balaban J connectivity index is 1.91. The summed E-state index contributed by atoms with van der Waals surface area (Å²) in [6, 6.07) is 3.87. The number of aromatic nitrogens is 1. The lowest BCUT2D eigenvalue weighted by molar-refractivity contribution is -0.156. The van der Waals surface area contributed by atoms with Gasteiger partial charge in [0.2, 0.25) is 0 Å². The fourth-order valence-electron chi connectivity index (χ4n) is 3.69. The van der Waals surface area contributed by atoms with Gasteiger partial charge in [-0.1, -0.05) is 6.07 Å². The number of pyridine rings is 1. The number of aliphatic carboxylic acids is 1. The number of ether oxygens (including phenoxy) is 1. The molecule has 2 heterocycles. The van der Waals surface area contributed by atoms with Crippen molar-refractivity contribution in [3.05, 3.63) is 28.5 Å². The van der Waals surface area contributed by atoms with Gasteiger partial charge < -0.3 is 15.2 Å². The van der Waals surface area contributed by atoms with E-state index in [1.165, 1.54) is 0 Å². The molecule has 1 aromatic heterocycles. The Labute approximate surface area is 132 Å². The molecule has 5 nitrogen and oxygen atoms in total. The summed E-state index contributed by atoms with van der Waals surface area (Å²) < 4.78 is 6.66. The molecule has 3 unspecified atom stereocenters. The van der Waals surface area contributed by atoms with Crippen LogP contribution in [0.1, 0.15) is 24.8 Å². The molecule has 1 saturated carbocycles. The average molecular weight is 355 g/mol. The van der Waals surface area contributed by atoms with Gasteiger partial charge in [-0.2, -0.15) is 0 Å². The highest BCUT2D eigenvalue weighted by Gasteiger charge is 2.45. The van der Waals surface area contributed by atoms with Crippen LogP contribution in [0.25, 0.3) is 0 Å². The first kappa shape index (κ1) is 14.9. The third kappa shape index (κ3) is 2.98. The number of nitrogens with zero attached hydrogens (tertiary/aromatic N) is 1. The van der Waals surface area contributed by atoms with Crippen molar-refractivity contribution < 1.29 is 14.6 Å². The topological polar surface area (TPSA) is 71.5 Å². The smallest absolute Gasteiger partial charge is 0.329 e. The second-order valence-electron chi connectivity index (χ2n) is 5.94. The van der Waals surface area contributed by atoms with Gasteiger partial charge in [-0.3, -0.25) is 0 Å². The lowest BCUT2D eigenvalue weighted by atomic mass is 9.70. The van der Waals surface area contributed by atoms with Gasteiger partial charge >= 0.3 is 5.97 Å². The molecule has 0 amide bonds. The van der Waals surface area contributed by atoms with Crippen LogP contribution in [-0.4, -0.2) is 35.8 Å². The lowest BCUT2D eigenvalue weighted by Gasteiger charge is -2.42. The van der Waals surface area contributed by atoms with Gasteiger partial charge in [0.1, 0.15) is 11.2 Å². The molecule has 1 aromatic rings. The second kappa shape index (κ2) is 6.02. The van der Waals surface area contributed by atoms with Crippen LogP contribution in [0.2, 0.25) is 0 Å². The Morgan fingerprint density at radius 3 is 3.10 bits per heavy atom. The van der Waals surface area contributed by atoms with E-state index < -0.39 is 11.6 Å². The Kier molecular flexibility index (Phi) is 4.28. The Morgan fingerprint density at radius 1 is 1.52 bits per heavy atom. The highest BCUT2D eigenvalue weighted by molar-refractivity contribution is 9.10. The predicted octanol–water partition coefficient (Wildman–Crippen LogP) is 2.16. The van der Waals surface area contributed by atoms with Crippen LogP contribution in [0.5, 0.6) is 0 Å². The maximum absolute atomic E-state index is 11.0. The van der Waals surface area contributed by atoms with E-state index in [1.807, 2.05) is 12.1 Å². The quantitative estimate of drug-likeness (QED) is 0.810. The van der Waals surface area contributed by atoms with E-state index in [0.29, 0.717) is 11.8 Å². The van der Waals surface area contributed by atoms with Crippen molar-refractivity contribution in [2.45, 2.75) is 24.9 Å². The van der Waals surface area contributed by atoms with Gasteiger partial charge in [0.05, 0.1) is 5.60 Å². The molecule has 0 bridgehead atoms. The Bertz CT molecular complexity index is 539. The van der Waals surface area contributed by atoms with Crippen LogP contribution in [-0.2, 0) is 15.1 Å². The third-order valence-electron chi connectivity index (χ3n) is 4.71. The van der Waals surface area contributed by atoms with E-state index in [4.69, 9.17) is 9.84 Å². The molecule has 0 spiro atoms. The van der Waals surface area contributed by atoms with Crippen molar-refractivity contribution in [2.75, 3.05) is 19.7 Å². The van der Waals surface area contributed by atoms with Crippen molar-refractivity contribution in [3.63, 3.8) is 0 Å². The van der Waals surface area contributed by atoms with Crippen LogP contribution in [0, 0.1) is 11.8 Å². The summed E-state index contributed by atoms with van der Waals surface area (Å²) in [4.78, 5) is 15.2. The van der Waals surface area contributed by atoms with E-state index in [-0.39, 0.29) is 6.61 Å². The van der Waals surface area contributed by atoms with Crippen LogP contribution >= 0.6 is 15.9 Å². The Morgan fingerprint density at radius 2 is 2.33 bits per heavy atom. The summed E-state index contributed by atoms with van der Waals surface area (Å²) in [5, 5.41) is 12.4. The fourth-order valence-corrected chi connectivity index (χ4v) is 4.30. The number of carboxylic acids is 1. The SMILES string of the molecule is O=C(O)COC1(c2cccnc2Br)CCC2CNCC2C1. The lowest BCUT2D eigenvalue weighted by Crippen LogP contribution is -2.40. The van der Waals surface area contributed by atoms with Crippen LogP contribution in [0.4, 0.5) is 0 Å². The number of hydrogen-bond donors (Lipinski definition) is 2. The summed E-state index contributed by atoms with van der Waals surface area (Å²) in [5.41, 5.74) is 0.426. The van der Waals surface area contributed by atoms with Gasteiger partial charge in [0, 0.05) is 11.8 Å². The normalized spacial score (nSPS) is 31.9. The summed E-state index contributed by atoms with van der Waals surface area (Å²) in [6.07, 6.45) is 4.47. The van der Waals surface area contributed by atoms with Crippen molar-refractivity contribution in [3.8, 4) is 0 Å². The molecule has 21 heavy (non-hydrogen) atoms. The standard InChI is InChI=1S/C15H19BrN2O3/c16-14-12(2-1-5-18-14)15(21-9-13(19)20)4-3-10-7-17-8-11(10)6-15/h1-2,5,10-11,17H,3-4,6-9H2,(H,19,20). The van der Waals surface area contributed by atoms with E-state index >= 15 is 0 Å². The van der Waals surface area contributed by atoms with Crippen LogP contribution < -0.4 is 5.32 Å². The molecule has 2 N–H and O–H groups in total. The predicted molar refractivity (Wildman–Crippen MR) is 80.9 cm³/mol. The fraction of sp³-hybridized carbons (Fsp3) is 0.600. The van der Waals surface area contributed by atoms with Crippen molar-refractivity contribution in [1.29, 1.82) is 0 Å². The van der Waals surface area contributed by atoms with E-state index in [9.17, 15) is 4.79 Å². The minimum Gasteiger partial charge on any atom is -0.480 e. The van der Waals surface area contributed by atoms with Crippen molar-refractivity contribution in [1.82, 2.24) is 10.3 Å². The first-order valence-electron chi connectivity index (χ1n) is 7.28. The highest BCUT2D eigenvalue weighted by Crippen LogP contribution is 2.47. The molecule has 3 atom stereocenters. The largest absolute Gasteiger partial charge is 0.480 e. The maximum atomic E-state index is 11.0. The Hall–Kier alpha value is -0.980. The number of halogens is 1. The molecule has 0 aromatic carbocycles. The minimum absolute atomic E-state index is 0.272. The number of nitrogens with one attached hydrogen (secondary N) is 1. The van der Waals surface area contributed by atoms with E-state index in [1.54, 1.807) is 6.20 Å². The zero-order chi connectivity index (χ0) is 14.9. The molecule has 2 fully saturated rings. The molecule has 3 rings (SSSR count).